The molecule has 2 atom stereocenters. The maximum absolute atomic E-state index is 5.50. The third-order valence-corrected chi connectivity index (χ3v) is 6.12. The maximum atomic E-state index is 5.50. The molecule has 2 saturated heterocycles. The molecule has 0 saturated carbocycles. The van der Waals surface area contributed by atoms with Crippen LogP contribution < -0.4 is 0 Å². The van der Waals surface area contributed by atoms with Gasteiger partial charge in [0.15, 0.2) is 5.82 Å². The number of piperidine rings is 1. The van der Waals surface area contributed by atoms with Crippen molar-refractivity contribution < 1.29 is 4.74 Å². The fraction of sp³-hybridized carbons (Fsp3) is 0.619. The Morgan fingerprint density at radius 1 is 1.15 bits per heavy atom. The van der Waals surface area contributed by atoms with E-state index in [0.717, 1.165) is 37.9 Å². The lowest BCUT2D eigenvalue weighted by Crippen LogP contribution is -2.44. The summed E-state index contributed by atoms with van der Waals surface area (Å²) in [4.78, 5) is 9.86. The van der Waals surface area contributed by atoms with Gasteiger partial charge in [-0.25, -0.2) is 4.98 Å². The summed E-state index contributed by atoms with van der Waals surface area (Å²) >= 11 is 0. The van der Waals surface area contributed by atoms with Gasteiger partial charge in [-0.2, -0.15) is 5.10 Å². The zero-order chi connectivity index (χ0) is 18.6. The van der Waals surface area contributed by atoms with Crippen LogP contribution in [0.25, 0.3) is 0 Å². The molecule has 2 aromatic rings. The predicted molar refractivity (Wildman–Crippen MR) is 106 cm³/mol. The normalized spacial score (nSPS) is 25.3. The van der Waals surface area contributed by atoms with Crippen LogP contribution >= 0.6 is 0 Å². The minimum Gasteiger partial charge on any atom is -0.384 e. The van der Waals surface area contributed by atoms with Crippen LogP contribution in [0.5, 0.6) is 0 Å². The summed E-state index contributed by atoms with van der Waals surface area (Å²) in [6.07, 6.45) is 2.48. The standard InChI is InChI=1S/C21H31N5O/c1-16-22-21(24-23-16)20-14-26(13-18(20)15-27-2)19-8-10-25(11-9-19)12-17-6-4-3-5-7-17/h3-7,18-20H,8-15H2,1-2H3,(H,22,23,24)/t18-,20+/m0/s1. The Balaban J connectivity index is 1.34. The van der Waals surface area contributed by atoms with Gasteiger partial charge < -0.3 is 4.74 Å². The lowest BCUT2D eigenvalue weighted by atomic mass is 9.96. The number of H-pyrrole nitrogens is 1. The first-order chi connectivity index (χ1) is 13.2. The quantitative estimate of drug-likeness (QED) is 0.848. The van der Waals surface area contributed by atoms with E-state index in [1.807, 2.05) is 6.92 Å². The van der Waals surface area contributed by atoms with Crippen molar-refractivity contribution in [3.05, 3.63) is 47.5 Å². The van der Waals surface area contributed by atoms with Gasteiger partial charge in [0, 0.05) is 44.6 Å². The summed E-state index contributed by atoms with van der Waals surface area (Å²) in [6.45, 7) is 8.31. The van der Waals surface area contributed by atoms with Crippen molar-refractivity contribution in [3.63, 3.8) is 0 Å². The number of aromatic amines is 1. The highest BCUT2D eigenvalue weighted by Gasteiger charge is 2.39. The molecular weight excluding hydrogens is 338 g/mol. The number of rotatable bonds is 6. The van der Waals surface area contributed by atoms with E-state index in [1.165, 1.54) is 31.5 Å². The molecule has 2 fully saturated rings. The molecule has 1 aromatic heterocycles. The molecule has 2 aliphatic rings. The number of ether oxygens (including phenoxy) is 1. The molecule has 0 bridgehead atoms. The lowest BCUT2D eigenvalue weighted by molar-refractivity contribution is 0.109. The molecule has 0 unspecified atom stereocenters. The Morgan fingerprint density at radius 2 is 1.93 bits per heavy atom. The van der Waals surface area contributed by atoms with Crippen molar-refractivity contribution in [2.24, 2.45) is 5.92 Å². The van der Waals surface area contributed by atoms with Gasteiger partial charge in [0.05, 0.1) is 6.61 Å². The maximum Gasteiger partial charge on any atom is 0.155 e. The van der Waals surface area contributed by atoms with Gasteiger partial charge >= 0.3 is 0 Å². The molecule has 0 spiro atoms. The number of nitrogens with zero attached hydrogens (tertiary/aromatic N) is 4. The van der Waals surface area contributed by atoms with Gasteiger partial charge in [-0.15, -0.1) is 0 Å². The number of likely N-dealkylation sites (tertiary alicyclic amines) is 2. The molecule has 146 valence electrons. The van der Waals surface area contributed by atoms with Gasteiger partial charge in [-0.05, 0) is 38.4 Å². The molecule has 1 aromatic carbocycles. The molecule has 0 aliphatic carbocycles. The fourth-order valence-electron chi connectivity index (χ4n) is 4.69. The zero-order valence-corrected chi connectivity index (χ0v) is 16.5. The summed E-state index contributed by atoms with van der Waals surface area (Å²) in [5.74, 6) is 2.71. The molecule has 6 heteroatoms. The van der Waals surface area contributed by atoms with E-state index in [4.69, 9.17) is 4.74 Å². The topological polar surface area (TPSA) is 57.3 Å². The lowest BCUT2D eigenvalue weighted by Gasteiger charge is -2.37. The summed E-state index contributed by atoms with van der Waals surface area (Å²) in [5.41, 5.74) is 1.41. The number of benzene rings is 1. The van der Waals surface area contributed by atoms with Crippen LogP contribution in [0.3, 0.4) is 0 Å². The van der Waals surface area contributed by atoms with Gasteiger partial charge in [0.2, 0.25) is 0 Å². The average molecular weight is 370 g/mol. The number of nitrogens with one attached hydrogen (secondary N) is 1. The summed E-state index contributed by atoms with van der Waals surface area (Å²) in [7, 11) is 1.80. The smallest absolute Gasteiger partial charge is 0.155 e. The van der Waals surface area contributed by atoms with Crippen LogP contribution in [0, 0.1) is 12.8 Å². The second-order valence-corrected chi connectivity index (χ2v) is 8.05. The van der Waals surface area contributed by atoms with Crippen LogP contribution in [0.15, 0.2) is 30.3 Å². The highest BCUT2D eigenvalue weighted by Crippen LogP contribution is 2.34. The van der Waals surface area contributed by atoms with Crippen LogP contribution in [-0.4, -0.2) is 70.9 Å². The predicted octanol–water partition coefficient (Wildman–Crippen LogP) is 2.44. The molecule has 0 amide bonds. The van der Waals surface area contributed by atoms with Crippen LogP contribution in [0.4, 0.5) is 0 Å². The van der Waals surface area contributed by atoms with E-state index in [2.05, 4.69) is 55.3 Å². The highest BCUT2D eigenvalue weighted by molar-refractivity contribution is 5.14. The van der Waals surface area contributed by atoms with E-state index in [0.29, 0.717) is 17.9 Å². The number of aromatic nitrogens is 3. The molecule has 4 rings (SSSR count). The highest BCUT2D eigenvalue weighted by atomic mass is 16.5. The van der Waals surface area contributed by atoms with Crippen LogP contribution in [-0.2, 0) is 11.3 Å². The van der Waals surface area contributed by atoms with Crippen molar-refractivity contribution >= 4 is 0 Å². The Labute approximate surface area is 161 Å². The minimum atomic E-state index is 0.372. The van der Waals surface area contributed by atoms with Crippen LogP contribution in [0.1, 0.15) is 36.0 Å². The van der Waals surface area contributed by atoms with Crippen molar-refractivity contribution in [2.45, 2.75) is 38.3 Å². The molecule has 1 N–H and O–H groups in total. The van der Waals surface area contributed by atoms with Gasteiger partial charge in [0.25, 0.3) is 0 Å². The first kappa shape index (κ1) is 18.6. The monoisotopic (exact) mass is 369 g/mol. The van der Waals surface area contributed by atoms with Crippen molar-refractivity contribution in [1.29, 1.82) is 0 Å². The molecular formula is C21H31N5O. The Hall–Kier alpha value is -1.76. The van der Waals surface area contributed by atoms with E-state index in [-0.39, 0.29) is 0 Å². The van der Waals surface area contributed by atoms with Crippen LogP contribution in [0.2, 0.25) is 0 Å². The third kappa shape index (κ3) is 4.39. The largest absolute Gasteiger partial charge is 0.384 e. The molecule has 3 heterocycles. The van der Waals surface area contributed by atoms with E-state index in [9.17, 15) is 0 Å². The first-order valence-corrected chi connectivity index (χ1v) is 10.1. The number of hydrogen-bond donors (Lipinski definition) is 1. The molecule has 2 aliphatic heterocycles. The molecule has 0 radical (unpaired) electrons. The average Bonchev–Trinajstić information content (AvgIpc) is 3.30. The summed E-state index contributed by atoms with van der Waals surface area (Å²) in [5, 5.41) is 7.45. The Bertz CT molecular complexity index is 710. The zero-order valence-electron chi connectivity index (χ0n) is 16.5. The van der Waals surface area contributed by atoms with Crippen molar-refractivity contribution in [3.8, 4) is 0 Å². The second kappa shape index (κ2) is 8.50. The van der Waals surface area contributed by atoms with E-state index < -0.39 is 0 Å². The van der Waals surface area contributed by atoms with Crippen molar-refractivity contribution in [1.82, 2.24) is 25.0 Å². The Kier molecular flexibility index (Phi) is 5.86. The summed E-state index contributed by atoms with van der Waals surface area (Å²) in [6, 6.07) is 11.5. The number of hydrogen-bond acceptors (Lipinski definition) is 5. The molecule has 27 heavy (non-hydrogen) atoms. The minimum absolute atomic E-state index is 0.372. The molecule has 6 nitrogen and oxygen atoms in total. The first-order valence-electron chi connectivity index (χ1n) is 10.1. The SMILES string of the molecule is COC[C@@H]1CN(C2CCN(Cc3ccccc3)CC2)C[C@H]1c1n[nH]c(C)n1. The van der Waals surface area contributed by atoms with Gasteiger partial charge in [-0.3, -0.25) is 14.9 Å². The van der Waals surface area contributed by atoms with E-state index in [1.54, 1.807) is 7.11 Å². The van der Waals surface area contributed by atoms with E-state index >= 15 is 0 Å². The van der Waals surface area contributed by atoms with Gasteiger partial charge in [0.1, 0.15) is 5.82 Å². The second-order valence-electron chi connectivity index (χ2n) is 8.05. The summed E-state index contributed by atoms with van der Waals surface area (Å²) < 4.78 is 5.50. The fourth-order valence-corrected chi connectivity index (χ4v) is 4.69. The number of aryl methyl sites for hydroxylation is 1. The number of methoxy groups -OCH3 is 1. The Morgan fingerprint density at radius 3 is 2.59 bits per heavy atom. The van der Waals surface area contributed by atoms with Gasteiger partial charge in [-0.1, -0.05) is 30.3 Å². The van der Waals surface area contributed by atoms with Crippen molar-refractivity contribution in [2.75, 3.05) is 39.9 Å². The third-order valence-electron chi connectivity index (χ3n) is 6.12.